The Morgan fingerprint density at radius 2 is 2.18 bits per heavy atom. The molecule has 0 amide bonds. The molecule has 1 aromatic carbocycles. The van der Waals surface area contributed by atoms with E-state index < -0.39 is 0 Å². The molecule has 0 aliphatic carbocycles. The maximum atomic E-state index is 9.01. The first-order valence-corrected chi connectivity index (χ1v) is 6.26. The van der Waals surface area contributed by atoms with Crippen molar-refractivity contribution in [1.29, 1.82) is 5.26 Å². The van der Waals surface area contributed by atoms with E-state index in [1.54, 1.807) is 7.11 Å². The van der Waals surface area contributed by atoms with Crippen molar-refractivity contribution in [2.24, 2.45) is 0 Å². The van der Waals surface area contributed by atoms with E-state index in [4.69, 9.17) is 10.00 Å². The van der Waals surface area contributed by atoms with E-state index in [-0.39, 0.29) is 5.60 Å². The number of rotatable bonds is 5. The van der Waals surface area contributed by atoms with Crippen molar-refractivity contribution >= 4 is 21.6 Å². The van der Waals surface area contributed by atoms with Gasteiger partial charge < -0.3 is 10.1 Å². The van der Waals surface area contributed by atoms with Gasteiger partial charge in [0.15, 0.2) is 0 Å². The van der Waals surface area contributed by atoms with Crippen molar-refractivity contribution in [3.8, 4) is 6.07 Å². The molecule has 17 heavy (non-hydrogen) atoms. The van der Waals surface area contributed by atoms with Gasteiger partial charge in [0.05, 0.1) is 16.9 Å². The lowest BCUT2D eigenvalue weighted by Gasteiger charge is -2.23. The Morgan fingerprint density at radius 1 is 1.47 bits per heavy atom. The highest BCUT2D eigenvalue weighted by atomic mass is 79.9. The summed E-state index contributed by atoms with van der Waals surface area (Å²) in [6.07, 6.45) is 0.879. The molecule has 0 unspecified atom stereocenters. The Hall–Kier alpha value is -1.05. The minimum atomic E-state index is -0.144. The number of hydrogen-bond donors (Lipinski definition) is 1. The minimum Gasteiger partial charge on any atom is -0.384 e. The average molecular weight is 297 g/mol. The maximum absolute atomic E-state index is 9.01. The second kappa shape index (κ2) is 6.04. The summed E-state index contributed by atoms with van der Waals surface area (Å²) in [6.45, 7) is 4.86. The van der Waals surface area contributed by atoms with Gasteiger partial charge >= 0.3 is 0 Å². The van der Waals surface area contributed by atoms with Gasteiger partial charge in [-0.3, -0.25) is 0 Å². The molecule has 0 fully saturated rings. The van der Waals surface area contributed by atoms with E-state index in [1.165, 1.54) is 0 Å². The number of nitrogens with zero attached hydrogens (tertiary/aromatic N) is 1. The molecule has 0 aromatic heterocycles. The van der Waals surface area contributed by atoms with E-state index >= 15 is 0 Å². The predicted molar refractivity (Wildman–Crippen MR) is 73.1 cm³/mol. The Bertz CT molecular complexity index is 424. The summed E-state index contributed by atoms with van der Waals surface area (Å²) in [5, 5.41) is 12.3. The molecule has 92 valence electrons. The van der Waals surface area contributed by atoms with Crippen LogP contribution < -0.4 is 5.32 Å². The Balaban J connectivity index is 2.62. The van der Waals surface area contributed by atoms with E-state index in [0.717, 1.165) is 23.1 Å². The van der Waals surface area contributed by atoms with Gasteiger partial charge in [0.1, 0.15) is 6.07 Å². The molecule has 0 atom stereocenters. The van der Waals surface area contributed by atoms with Crippen LogP contribution in [0.2, 0.25) is 0 Å². The maximum Gasteiger partial charge on any atom is 0.101 e. The Morgan fingerprint density at radius 3 is 2.76 bits per heavy atom. The lowest BCUT2D eigenvalue weighted by molar-refractivity contribution is 0.0185. The molecule has 0 bridgehead atoms. The fourth-order valence-electron chi connectivity index (χ4n) is 1.36. The Kier molecular flexibility index (Phi) is 4.98. The van der Waals surface area contributed by atoms with E-state index in [1.807, 2.05) is 32.0 Å². The highest BCUT2D eigenvalue weighted by Gasteiger charge is 2.15. The third-order valence-corrected chi connectivity index (χ3v) is 3.19. The molecule has 0 aliphatic rings. The van der Waals surface area contributed by atoms with Crippen LogP contribution in [-0.2, 0) is 4.74 Å². The molecule has 0 heterocycles. The molecule has 0 aliphatic heterocycles. The van der Waals surface area contributed by atoms with Crippen molar-refractivity contribution in [3.63, 3.8) is 0 Å². The topological polar surface area (TPSA) is 45.0 Å². The zero-order valence-electron chi connectivity index (χ0n) is 10.4. The van der Waals surface area contributed by atoms with E-state index in [2.05, 4.69) is 27.3 Å². The van der Waals surface area contributed by atoms with Gasteiger partial charge in [-0.25, -0.2) is 0 Å². The van der Waals surface area contributed by atoms with Crippen LogP contribution in [0.3, 0.4) is 0 Å². The SMILES string of the molecule is COC(C)(C)CCNc1ccc(Br)cc1C#N. The number of ether oxygens (including phenoxy) is 1. The van der Waals surface area contributed by atoms with Crippen molar-refractivity contribution in [3.05, 3.63) is 28.2 Å². The average Bonchev–Trinajstić information content (AvgIpc) is 2.30. The molecule has 1 aromatic rings. The van der Waals surface area contributed by atoms with E-state index in [0.29, 0.717) is 5.56 Å². The van der Waals surface area contributed by atoms with Crippen LogP contribution in [0.1, 0.15) is 25.8 Å². The van der Waals surface area contributed by atoms with Crippen LogP contribution in [0.4, 0.5) is 5.69 Å². The molecule has 3 nitrogen and oxygen atoms in total. The molecule has 1 N–H and O–H groups in total. The number of nitriles is 1. The molecule has 0 saturated carbocycles. The third kappa shape index (κ3) is 4.37. The number of halogens is 1. The van der Waals surface area contributed by atoms with Gasteiger partial charge in [-0.05, 0) is 38.5 Å². The summed E-state index contributed by atoms with van der Waals surface area (Å²) >= 11 is 3.35. The summed E-state index contributed by atoms with van der Waals surface area (Å²) < 4.78 is 6.25. The molecule has 0 spiro atoms. The summed E-state index contributed by atoms with van der Waals surface area (Å²) in [7, 11) is 1.71. The van der Waals surface area contributed by atoms with Crippen LogP contribution in [0, 0.1) is 11.3 Å². The second-order valence-electron chi connectivity index (χ2n) is 4.44. The van der Waals surface area contributed by atoms with Gasteiger partial charge in [-0.15, -0.1) is 0 Å². The Labute approximate surface area is 111 Å². The number of methoxy groups -OCH3 is 1. The first kappa shape index (κ1) is 14.0. The normalized spacial score (nSPS) is 11.0. The van der Waals surface area contributed by atoms with Crippen LogP contribution in [0.25, 0.3) is 0 Å². The third-order valence-electron chi connectivity index (χ3n) is 2.70. The lowest BCUT2D eigenvalue weighted by Crippen LogP contribution is -2.25. The fourth-order valence-corrected chi connectivity index (χ4v) is 1.72. The quantitative estimate of drug-likeness (QED) is 0.904. The van der Waals surface area contributed by atoms with Crippen LogP contribution in [-0.4, -0.2) is 19.3 Å². The van der Waals surface area contributed by atoms with Gasteiger partial charge in [0.25, 0.3) is 0 Å². The zero-order chi connectivity index (χ0) is 12.9. The number of anilines is 1. The largest absolute Gasteiger partial charge is 0.384 e. The van der Waals surface area contributed by atoms with Gasteiger partial charge in [-0.1, -0.05) is 15.9 Å². The molecule has 1 rings (SSSR count). The lowest BCUT2D eigenvalue weighted by atomic mass is 10.1. The van der Waals surface area contributed by atoms with Crippen molar-refractivity contribution in [1.82, 2.24) is 0 Å². The summed E-state index contributed by atoms with van der Waals surface area (Å²) in [4.78, 5) is 0. The van der Waals surface area contributed by atoms with Gasteiger partial charge in [0, 0.05) is 18.1 Å². The minimum absolute atomic E-state index is 0.144. The first-order chi connectivity index (χ1) is 7.98. The smallest absolute Gasteiger partial charge is 0.101 e. The predicted octanol–water partition coefficient (Wildman–Crippen LogP) is 3.55. The molecule has 4 heteroatoms. The number of hydrogen-bond acceptors (Lipinski definition) is 3. The summed E-state index contributed by atoms with van der Waals surface area (Å²) in [5.41, 5.74) is 1.37. The monoisotopic (exact) mass is 296 g/mol. The zero-order valence-corrected chi connectivity index (χ0v) is 12.0. The number of benzene rings is 1. The summed E-state index contributed by atoms with van der Waals surface area (Å²) in [6, 6.07) is 7.81. The second-order valence-corrected chi connectivity index (χ2v) is 5.36. The first-order valence-electron chi connectivity index (χ1n) is 5.47. The van der Waals surface area contributed by atoms with Crippen LogP contribution in [0.5, 0.6) is 0 Å². The highest BCUT2D eigenvalue weighted by molar-refractivity contribution is 9.10. The standard InChI is InChI=1S/C13H17BrN2O/c1-13(2,17-3)6-7-16-12-5-4-11(14)8-10(12)9-15/h4-5,8,16H,6-7H2,1-3H3. The fraction of sp³-hybridized carbons (Fsp3) is 0.462. The highest BCUT2D eigenvalue weighted by Crippen LogP contribution is 2.21. The molecule has 0 saturated heterocycles. The molecular weight excluding hydrogens is 280 g/mol. The van der Waals surface area contributed by atoms with Gasteiger partial charge in [0.2, 0.25) is 0 Å². The molecular formula is C13H17BrN2O. The van der Waals surface area contributed by atoms with Crippen LogP contribution in [0.15, 0.2) is 22.7 Å². The van der Waals surface area contributed by atoms with Crippen molar-refractivity contribution in [2.45, 2.75) is 25.9 Å². The van der Waals surface area contributed by atoms with Crippen LogP contribution >= 0.6 is 15.9 Å². The summed E-state index contributed by atoms with van der Waals surface area (Å²) in [5.74, 6) is 0. The molecule has 0 radical (unpaired) electrons. The van der Waals surface area contributed by atoms with Gasteiger partial charge in [-0.2, -0.15) is 5.26 Å². The van der Waals surface area contributed by atoms with E-state index in [9.17, 15) is 0 Å². The number of nitrogens with one attached hydrogen (secondary N) is 1. The van der Waals surface area contributed by atoms with Crippen molar-refractivity contribution < 1.29 is 4.74 Å². The van der Waals surface area contributed by atoms with Crippen molar-refractivity contribution in [2.75, 3.05) is 19.0 Å².